The zero-order valence-corrected chi connectivity index (χ0v) is 22.3. The maximum Gasteiger partial charge on any atom is 0.333 e. The molecule has 2 aliphatic carbocycles. The van der Waals surface area contributed by atoms with Crippen LogP contribution in [0, 0.1) is 0 Å². The molecule has 6 rings (SSSR count). The second kappa shape index (κ2) is 9.70. The number of anilines is 1. The number of aryl methyl sites for hydroxylation is 1. The number of rotatable bonds is 8. The maximum absolute atomic E-state index is 13.2. The van der Waals surface area contributed by atoms with E-state index in [9.17, 15) is 13.2 Å². The van der Waals surface area contributed by atoms with Gasteiger partial charge in [0.1, 0.15) is 0 Å². The summed E-state index contributed by atoms with van der Waals surface area (Å²) in [7, 11) is -2.62. The number of likely N-dealkylation sites (tertiary alicyclic amines) is 1. The standard InChI is InChI=1S/C27H32N6O4S/c1-37-23-17-20(9-13-28-23)22-8-7-19-5-2-6-21(19)25(22)29-26(34)31-38(35,36)24-10-16-33(30-24)27(11-3-12-27)18-32-14-4-15-32/h7-10,13,16-17H,2-6,11-12,14-15,18H2,1H3,(H2,29,31,34). The number of methoxy groups -OCH3 is 1. The molecule has 0 radical (unpaired) electrons. The molecule has 3 heterocycles. The van der Waals surface area contributed by atoms with Crippen molar-refractivity contribution in [2.75, 3.05) is 32.1 Å². The van der Waals surface area contributed by atoms with Crippen molar-refractivity contribution in [3.8, 4) is 17.0 Å². The average Bonchev–Trinajstić information content (AvgIpc) is 3.53. The van der Waals surface area contributed by atoms with Crippen LogP contribution in [0.1, 0.15) is 43.2 Å². The molecule has 2 fully saturated rings. The predicted octanol–water partition coefficient (Wildman–Crippen LogP) is 3.54. The van der Waals surface area contributed by atoms with Crippen LogP contribution in [0.15, 0.2) is 47.8 Å². The van der Waals surface area contributed by atoms with Gasteiger partial charge in [-0.15, -0.1) is 0 Å². The third-order valence-corrected chi connectivity index (χ3v) is 9.30. The van der Waals surface area contributed by atoms with Crippen molar-refractivity contribution >= 4 is 21.7 Å². The Hall–Kier alpha value is -3.44. The minimum atomic E-state index is -4.16. The molecular formula is C27H32N6O4S. The molecule has 2 N–H and O–H groups in total. The normalized spacial score (nSPS) is 18.2. The van der Waals surface area contributed by atoms with E-state index in [-0.39, 0.29) is 10.6 Å². The summed E-state index contributed by atoms with van der Waals surface area (Å²) in [5, 5.41) is 7.12. The highest BCUT2D eigenvalue weighted by atomic mass is 32.2. The van der Waals surface area contributed by atoms with Crippen molar-refractivity contribution in [1.29, 1.82) is 0 Å². The number of urea groups is 1. The summed E-state index contributed by atoms with van der Waals surface area (Å²) in [5.74, 6) is 0.454. The number of hydrogen-bond acceptors (Lipinski definition) is 7. The molecule has 0 spiro atoms. The van der Waals surface area contributed by atoms with Gasteiger partial charge in [-0.25, -0.2) is 14.5 Å². The average molecular weight is 537 g/mol. The highest BCUT2D eigenvalue weighted by Gasteiger charge is 2.42. The van der Waals surface area contributed by atoms with Gasteiger partial charge in [0.05, 0.1) is 18.3 Å². The van der Waals surface area contributed by atoms with Gasteiger partial charge in [-0.05, 0) is 86.9 Å². The predicted molar refractivity (Wildman–Crippen MR) is 143 cm³/mol. The number of ether oxygens (including phenoxy) is 1. The van der Waals surface area contributed by atoms with Gasteiger partial charge in [0.2, 0.25) is 5.88 Å². The number of hydrogen-bond donors (Lipinski definition) is 2. The monoisotopic (exact) mass is 536 g/mol. The van der Waals surface area contributed by atoms with Crippen LogP contribution < -0.4 is 14.8 Å². The van der Waals surface area contributed by atoms with Crippen LogP contribution in [0.2, 0.25) is 0 Å². The van der Waals surface area contributed by atoms with Gasteiger partial charge in [0.15, 0.2) is 5.03 Å². The molecule has 1 saturated carbocycles. The van der Waals surface area contributed by atoms with Gasteiger partial charge in [-0.1, -0.05) is 12.1 Å². The van der Waals surface area contributed by atoms with Gasteiger partial charge in [0, 0.05) is 30.6 Å². The summed E-state index contributed by atoms with van der Waals surface area (Å²) in [5.41, 5.74) is 4.21. The van der Waals surface area contributed by atoms with Crippen LogP contribution >= 0.6 is 0 Å². The molecule has 1 aromatic carbocycles. The highest BCUT2D eigenvalue weighted by molar-refractivity contribution is 7.90. The number of nitrogens with one attached hydrogen (secondary N) is 2. The molecule has 0 unspecified atom stereocenters. The number of amides is 2. The first-order chi connectivity index (χ1) is 18.4. The summed E-state index contributed by atoms with van der Waals surface area (Å²) in [6.07, 6.45) is 10.3. The van der Waals surface area contributed by atoms with Gasteiger partial charge >= 0.3 is 6.03 Å². The Morgan fingerprint density at radius 3 is 2.66 bits per heavy atom. The molecule has 0 bridgehead atoms. The van der Waals surface area contributed by atoms with Crippen LogP contribution in [0.25, 0.3) is 11.1 Å². The first kappa shape index (κ1) is 24.9. The number of pyridine rings is 1. The third kappa shape index (κ3) is 4.54. The molecule has 38 heavy (non-hydrogen) atoms. The van der Waals surface area contributed by atoms with Crippen LogP contribution in [0.4, 0.5) is 10.5 Å². The fourth-order valence-electron chi connectivity index (χ4n) is 5.77. The van der Waals surface area contributed by atoms with Gasteiger partial charge < -0.3 is 15.0 Å². The maximum atomic E-state index is 13.2. The van der Waals surface area contributed by atoms with Crippen LogP contribution in [0.3, 0.4) is 0 Å². The summed E-state index contributed by atoms with van der Waals surface area (Å²) < 4.78 is 35.6. The topological polar surface area (TPSA) is 118 Å². The smallest absolute Gasteiger partial charge is 0.333 e. The number of fused-ring (bicyclic) bond motifs is 1. The first-order valence-corrected chi connectivity index (χ1v) is 14.6. The Balaban J connectivity index is 1.23. The molecule has 1 saturated heterocycles. The lowest BCUT2D eigenvalue weighted by Crippen LogP contribution is -2.53. The lowest BCUT2D eigenvalue weighted by atomic mass is 9.76. The lowest BCUT2D eigenvalue weighted by molar-refractivity contribution is 0.0357. The van der Waals surface area contributed by atoms with Crippen LogP contribution in [0.5, 0.6) is 5.88 Å². The van der Waals surface area contributed by atoms with Crippen molar-refractivity contribution in [2.45, 2.75) is 55.5 Å². The van der Waals surface area contributed by atoms with E-state index in [2.05, 4.69) is 31.1 Å². The fourth-order valence-corrected chi connectivity index (χ4v) is 6.60. The van der Waals surface area contributed by atoms with Crippen molar-refractivity contribution < 1.29 is 17.9 Å². The molecule has 3 aliphatic rings. The number of aromatic nitrogens is 3. The summed E-state index contributed by atoms with van der Waals surface area (Å²) in [6, 6.07) is 8.29. The van der Waals surface area contributed by atoms with E-state index in [1.54, 1.807) is 30.3 Å². The van der Waals surface area contributed by atoms with E-state index < -0.39 is 16.1 Å². The molecule has 10 nitrogen and oxygen atoms in total. The van der Waals surface area contributed by atoms with Crippen molar-refractivity contribution in [2.24, 2.45) is 0 Å². The minimum Gasteiger partial charge on any atom is -0.481 e. The molecule has 0 atom stereocenters. The first-order valence-electron chi connectivity index (χ1n) is 13.1. The third-order valence-electron chi connectivity index (χ3n) is 8.08. The second-order valence-electron chi connectivity index (χ2n) is 10.4. The molecule has 11 heteroatoms. The molecule has 200 valence electrons. The highest BCUT2D eigenvalue weighted by Crippen LogP contribution is 2.41. The number of benzene rings is 1. The summed E-state index contributed by atoms with van der Waals surface area (Å²) in [4.78, 5) is 19.6. The summed E-state index contributed by atoms with van der Waals surface area (Å²) in [6.45, 7) is 3.03. The number of sulfonamides is 1. The Labute approximate surface area is 222 Å². The lowest BCUT2D eigenvalue weighted by Gasteiger charge is -2.47. The van der Waals surface area contributed by atoms with Crippen molar-refractivity contribution in [3.63, 3.8) is 0 Å². The largest absolute Gasteiger partial charge is 0.481 e. The molecule has 2 aromatic heterocycles. The number of nitrogens with zero attached hydrogens (tertiary/aromatic N) is 4. The molecule has 3 aromatic rings. The van der Waals surface area contributed by atoms with E-state index in [4.69, 9.17) is 4.74 Å². The molecular weight excluding hydrogens is 504 g/mol. The van der Waals surface area contributed by atoms with Crippen LogP contribution in [-0.4, -0.2) is 60.9 Å². The Kier molecular flexibility index (Phi) is 6.35. The fraction of sp³-hybridized carbons (Fsp3) is 0.444. The van der Waals surface area contributed by atoms with Gasteiger partial charge in [-0.3, -0.25) is 4.68 Å². The molecule has 2 amide bonds. The van der Waals surface area contributed by atoms with Crippen molar-refractivity contribution in [1.82, 2.24) is 24.4 Å². The Bertz CT molecular complexity index is 1480. The van der Waals surface area contributed by atoms with E-state index in [1.165, 1.54) is 12.5 Å². The minimum absolute atomic E-state index is 0.153. The van der Waals surface area contributed by atoms with E-state index in [0.717, 1.165) is 80.4 Å². The van der Waals surface area contributed by atoms with Gasteiger partial charge in [-0.2, -0.15) is 13.5 Å². The number of carbonyl (C=O) groups excluding carboxylic acids is 1. The number of carbonyl (C=O) groups is 1. The second-order valence-corrected chi connectivity index (χ2v) is 12.1. The zero-order valence-electron chi connectivity index (χ0n) is 21.4. The van der Waals surface area contributed by atoms with Crippen LogP contribution in [-0.2, 0) is 28.4 Å². The van der Waals surface area contributed by atoms with Gasteiger partial charge in [0.25, 0.3) is 10.0 Å². The Morgan fingerprint density at radius 2 is 1.95 bits per heavy atom. The van der Waals surface area contributed by atoms with Crippen molar-refractivity contribution in [3.05, 3.63) is 53.9 Å². The van der Waals surface area contributed by atoms with E-state index in [0.29, 0.717) is 11.6 Å². The van der Waals surface area contributed by atoms with E-state index >= 15 is 0 Å². The zero-order chi connectivity index (χ0) is 26.3. The SMILES string of the molecule is COc1cc(-c2ccc3c(c2NC(=O)NS(=O)(=O)c2ccn(C4(CN5CCC5)CCC4)n2)CCC3)ccn1. The quantitative estimate of drug-likeness (QED) is 0.452. The Morgan fingerprint density at radius 1 is 1.11 bits per heavy atom. The summed E-state index contributed by atoms with van der Waals surface area (Å²) >= 11 is 0. The van der Waals surface area contributed by atoms with E-state index in [1.807, 2.05) is 12.1 Å². The molecule has 1 aliphatic heterocycles.